The summed E-state index contributed by atoms with van der Waals surface area (Å²) in [7, 11) is 0. The van der Waals surface area contributed by atoms with Crippen molar-refractivity contribution in [3.05, 3.63) is 84.7 Å². The van der Waals surface area contributed by atoms with Crippen LogP contribution in [0.15, 0.2) is 78.3 Å². The van der Waals surface area contributed by atoms with E-state index in [1.165, 1.54) is 17.8 Å². The molecular formula is C22H18FN5OS. The van der Waals surface area contributed by atoms with Gasteiger partial charge in [0.2, 0.25) is 5.91 Å². The number of halogens is 1. The average Bonchev–Trinajstić information content (AvgIpc) is 3.30. The molecule has 0 atom stereocenters. The van der Waals surface area contributed by atoms with Gasteiger partial charge in [-0.05, 0) is 48.9 Å². The molecule has 0 saturated carbocycles. The molecule has 2 aromatic heterocycles. The van der Waals surface area contributed by atoms with Gasteiger partial charge in [-0.2, -0.15) is 0 Å². The van der Waals surface area contributed by atoms with Crippen LogP contribution in [-0.4, -0.2) is 31.4 Å². The van der Waals surface area contributed by atoms with Crippen molar-refractivity contribution >= 4 is 23.4 Å². The van der Waals surface area contributed by atoms with Crippen molar-refractivity contribution < 1.29 is 9.18 Å². The number of hydrogen-bond donors (Lipinski definition) is 1. The van der Waals surface area contributed by atoms with Gasteiger partial charge in [-0.25, -0.2) is 9.37 Å². The Balaban J connectivity index is 1.34. The number of nitrogens with one attached hydrogen (secondary N) is 1. The maximum Gasteiger partial charge on any atom is 0.234 e. The number of aryl methyl sites for hydroxylation is 1. The van der Waals surface area contributed by atoms with E-state index in [0.717, 1.165) is 16.9 Å². The number of amides is 1. The molecule has 30 heavy (non-hydrogen) atoms. The molecule has 2 heterocycles. The maximum atomic E-state index is 13.6. The lowest BCUT2D eigenvalue weighted by Gasteiger charge is -2.07. The molecule has 0 unspecified atom stereocenters. The van der Waals surface area contributed by atoms with E-state index in [9.17, 15) is 9.18 Å². The third kappa shape index (κ3) is 4.72. The van der Waals surface area contributed by atoms with Crippen molar-refractivity contribution in [2.45, 2.75) is 11.9 Å². The molecular weight excluding hydrogens is 401 g/mol. The molecule has 0 spiro atoms. The molecule has 4 rings (SSSR count). The predicted molar refractivity (Wildman–Crippen MR) is 115 cm³/mol. The van der Waals surface area contributed by atoms with Crippen molar-refractivity contribution in [1.29, 1.82) is 0 Å². The number of hydrogen-bond acceptors (Lipinski definition) is 5. The lowest BCUT2D eigenvalue weighted by Crippen LogP contribution is -2.14. The highest BCUT2D eigenvalue weighted by atomic mass is 32.2. The zero-order valence-corrected chi connectivity index (χ0v) is 16.9. The highest BCUT2D eigenvalue weighted by Gasteiger charge is 2.08. The molecule has 0 radical (unpaired) electrons. The molecule has 1 amide bonds. The Morgan fingerprint density at radius 3 is 2.60 bits per heavy atom. The Hall–Kier alpha value is -3.52. The van der Waals surface area contributed by atoms with Crippen LogP contribution in [0.5, 0.6) is 0 Å². The van der Waals surface area contributed by atoms with Gasteiger partial charge >= 0.3 is 0 Å². The number of carbonyl (C=O) groups is 1. The van der Waals surface area contributed by atoms with Gasteiger partial charge < -0.3 is 9.88 Å². The molecule has 1 N–H and O–H groups in total. The first kappa shape index (κ1) is 19.8. The number of aromatic nitrogens is 4. The summed E-state index contributed by atoms with van der Waals surface area (Å²) >= 11 is 1.27. The SMILES string of the molecule is Cc1ccc(NC(=O)CSc2ccc(-c3ccc(-n4ccnc4)cc3)nn2)cc1F. The second-order valence-corrected chi connectivity index (χ2v) is 7.57. The van der Waals surface area contributed by atoms with E-state index >= 15 is 0 Å². The van der Waals surface area contributed by atoms with Crippen molar-refractivity contribution in [2.75, 3.05) is 11.1 Å². The third-order valence-corrected chi connectivity index (χ3v) is 5.33. The summed E-state index contributed by atoms with van der Waals surface area (Å²) in [4.78, 5) is 16.1. The van der Waals surface area contributed by atoms with Crippen LogP contribution in [0.1, 0.15) is 5.56 Å². The van der Waals surface area contributed by atoms with Crippen molar-refractivity contribution in [3.8, 4) is 16.9 Å². The number of benzene rings is 2. The summed E-state index contributed by atoms with van der Waals surface area (Å²) in [6, 6.07) is 16.2. The molecule has 6 nitrogen and oxygen atoms in total. The molecule has 150 valence electrons. The highest BCUT2D eigenvalue weighted by molar-refractivity contribution is 7.99. The van der Waals surface area contributed by atoms with Gasteiger partial charge in [0.05, 0.1) is 17.8 Å². The van der Waals surface area contributed by atoms with E-state index in [0.29, 0.717) is 16.3 Å². The van der Waals surface area contributed by atoms with Gasteiger partial charge in [-0.1, -0.05) is 30.0 Å². The minimum absolute atomic E-state index is 0.156. The standard InChI is InChI=1S/C22H18FN5OS/c1-15-2-5-17(12-19(15)23)25-21(29)13-30-22-9-8-20(26-27-22)16-3-6-18(7-4-16)28-11-10-24-14-28/h2-12,14H,13H2,1H3,(H,25,29). The summed E-state index contributed by atoms with van der Waals surface area (Å²) in [6.07, 6.45) is 5.35. The van der Waals surface area contributed by atoms with E-state index in [4.69, 9.17) is 0 Å². The summed E-state index contributed by atoms with van der Waals surface area (Å²) in [6.45, 7) is 1.67. The fourth-order valence-electron chi connectivity index (χ4n) is 2.77. The Labute approximate surface area is 177 Å². The van der Waals surface area contributed by atoms with Gasteiger partial charge in [0.1, 0.15) is 10.8 Å². The molecule has 4 aromatic rings. The van der Waals surface area contributed by atoms with Gasteiger partial charge in [-0.3, -0.25) is 4.79 Å². The first-order valence-corrected chi connectivity index (χ1v) is 10.2. The van der Waals surface area contributed by atoms with Gasteiger partial charge in [0, 0.05) is 29.3 Å². The van der Waals surface area contributed by atoms with Crippen molar-refractivity contribution in [3.63, 3.8) is 0 Å². The Morgan fingerprint density at radius 1 is 1.10 bits per heavy atom. The Morgan fingerprint density at radius 2 is 1.93 bits per heavy atom. The topological polar surface area (TPSA) is 72.7 Å². The van der Waals surface area contributed by atoms with Crippen LogP contribution in [0.25, 0.3) is 16.9 Å². The van der Waals surface area contributed by atoms with Gasteiger partial charge in [-0.15, -0.1) is 10.2 Å². The van der Waals surface area contributed by atoms with Crippen LogP contribution in [0.4, 0.5) is 10.1 Å². The van der Waals surface area contributed by atoms with Crippen LogP contribution in [-0.2, 0) is 4.79 Å². The van der Waals surface area contributed by atoms with Crippen LogP contribution >= 0.6 is 11.8 Å². The minimum atomic E-state index is -0.347. The minimum Gasteiger partial charge on any atom is -0.325 e. The second-order valence-electron chi connectivity index (χ2n) is 6.57. The lowest BCUT2D eigenvalue weighted by atomic mass is 10.1. The number of thioether (sulfide) groups is 1. The fraction of sp³-hybridized carbons (Fsp3) is 0.0909. The van der Waals surface area contributed by atoms with Crippen LogP contribution < -0.4 is 5.32 Å². The molecule has 8 heteroatoms. The normalized spacial score (nSPS) is 10.7. The molecule has 0 aliphatic heterocycles. The van der Waals surface area contributed by atoms with E-state index in [-0.39, 0.29) is 17.5 Å². The second kappa shape index (κ2) is 8.87. The zero-order valence-electron chi connectivity index (χ0n) is 16.1. The summed E-state index contributed by atoms with van der Waals surface area (Å²) in [5.41, 5.74) is 3.67. The van der Waals surface area contributed by atoms with Crippen LogP contribution in [0.2, 0.25) is 0 Å². The van der Waals surface area contributed by atoms with Crippen LogP contribution in [0, 0.1) is 12.7 Å². The third-order valence-electron chi connectivity index (χ3n) is 4.41. The first-order valence-electron chi connectivity index (χ1n) is 9.20. The Kier molecular flexibility index (Phi) is 5.85. The van der Waals surface area contributed by atoms with Crippen molar-refractivity contribution in [1.82, 2.24) is 19.7 Å². The monoisotopic (exact) mass is 419 g/mol. The van der Waals surface area contributed by atoms with Crippen molar-refractivity contribution in [2.24, 2.45) is 0 Å². The number of carbonyl (C=O) groups excluding carboxylic acids is 1. The number of imidazole rings is 1. The van der Waals surface area contributed by atoms with E-state index in [1.54, 1.807) is 31.6 Å². The van der Waals surface area contributed by atoms with E-state index in [1.807, 2.05) is 47.2 Å². The van der Waals surface area contributed by atoms with Gasteiger partial charge in [0.15, 0.2) is 0 Å². The molecule has 0 fully saturated rings. The quantitative estimate of drug-likeness (QED) is 0.466. The van der Waals surface area contributed by atoms with E-state index in [2.05, 4.69) is 20.5 Å². The highest BCUT2D eigenvalue weighted by Crippen LogP contribution is 2.22. The molecule has 0 aliphatic carbocycles. The summed E-state index contributed by atoms with van der Waals surface area (Å²) in [5.74, 6) is -0.424. The lowest BCUT2D eigenvalue weighted by molar-refractivity contribution is -0.113. The maximum absolute atomic E-state index is 13.6. The largest absolute Gasteiger partial charge is 0.325 e. The smallest absolute Gasteiger partial charge is 0.234 e. The molecule has 0 bridgehead atoms. The molecule has 0 saturated heterocycles. The molecule has 0 aliphatic rings. The summed E-state index contributed by atoms with van der Waals surface area (Å²) < 4.78 is 15.5. The number of rotatable bonds is 6. The zero-order chi connectivity index (χ0) is 20.9. The molecule has 2 aromatic carbocycles. The number of anilines is 1. The number of nitrogens with zero attached hydrogens (tertiary/aromatic N) is 4. The first-order chi connectivity index (χ1) is 14.6. The fourth-order valence-corrected chi connectivity index (χ4v) is 3.39. The average molecular weight is 419 g/mol. The summed E-state index contributed by atoms with van der Waals surface area (Å²) in [5, 5.41) is 11.8. The van der Waals surface area contributed by atoms with E-state index < -0.39 is 0 Å². The Bertz CT molecular complexity index is 1150. The van der Waals surface area contributed by atoms with Crippen LogP contribution in [0.3, 0.4) is 0 Å². The van der Waals surface area contributed by atoms with Gasteiger partial charge in [0.25, 0.3) is 0 Å². The predicted octanol–water partition coefficient (Wildman–Crippen LogP) is 4.51.